The Morgan fingerprint density at radius 3 is 3.00 bits per heavy atom. The molecule has 0 unspecified atom stereocenters. The van der Waals surface area contributed by atoms with Crippen LogP contribution in [-0.2, 0) is 4.79 Å². The average Bonchev–Trinajstić information content (AvgIpc) is 3.24. The second kappa shape index (κ2) is 8.04. The van der Waals surface area contributed by atoms with Gasteiger partial charge < -0.3 is 15.0 Å². The zero-order chi connectivity index (χ0) is 20.4. The van der Waals surface area contributed by atoms with Gasteiger partial charge in [0.05, 0.1) is 22.9 Å². The number of amides is 3. The third-order valence-corrected chi connectivity index (χ3v) is 5.41. The van der Waals surface area contributed by atoms with E-state index in [1.54, 1.807) is 12.1 Å². The van der Waals surface area contributed by atoms with E-state index < -0.39 is 11.8 Å². The van der Waals surface area contributed by atoms with Crippen LogP contribution in [0, 0.1) is 5.82 Å². The standard InChI is InChI=1S/C20H19FN4O3S/c1-2-28-15-6-7-16-17(10-15)29-20(23-16)24-19(27)22-13-9-18(26)25(11-13)14-5-3-4-12(21)8-14/h3-8,10,13H,2,9,11H2,1H3,(H2,22,23,24,27)/t13-/m1/s1. The number of halogens is 1. The van der Waals surface area contributed by atoms with Crippen LogP contribution >= 0.6 is 11.3 Å². The fraction of sp³-hybridized carbons (Fsp3) is 0.250. The summed E-state index contributed by atoms with van der Waals surface area (Å²) in [5, 5.41) is 5.95. The molecule has 7 nitrogen and oxygen atoms in total. The molecule has 3 aromatic rings. The van der Waals surface area contributed by atoms with Crippen molar-refractivity contribution in [3.63, 3.8) is 0 Å². The summed E-state index contributed by atoms with van der Waals surface area (Å²) in [7, 11) is 0. The summed E-state index contributed by atoms with van der Waals surface area (Å²) in [4.78, 5) is 30.5. The Kier molecular flexibility index (Phi) is 5.30. The van der Waals surface area contributed by atoms with Gasteiger partial charge in [0.2, 0.25) is 5.91 Å². The van der Waals surface area contributed by atoms with Crippen LogP contribution in [0.2, 0.25) is 0 Å². The summed E-state index contributed by atoms with van der Waals surface area (Å²) < 4.78 is 19.8. The van der Waals surface area contributed by atoms with Gasteiger partial charge in [-0.1, -0.05) is 17.4 Å². The van der Waals surface area contributed by atoms with Crippen molar-refractivity contribution in [3.05, 3.63) is 48.3 Å². The van der Waals surface area contributed by atoms with Crippen molar-refractivity contribution in [2.45, 2.75) is 19.4 Å². The minimum atomic E-state index is -0.437. The number of carbonyl (C=O) groups is 2. The van der Waals surface area contributed by atoms with Crippen molar-refractivity contribution in [1.82, 2.24) is 10.3 Å². The van der Waals surface area contributed by atoms with E-state index >= 15 is 0 Å². The Morgan fingerprint density at radius 1 is 1.34 bits per heavy atom. The molecule has 29 heavy (non-hydrogen) atoms. The maximum absolute atomic E-state index is 13.4. The second-order valence-electron chi connectivity index (χ2n) is 6.57. The molecule has 0 spiro atoms. The summed E-state index contributed by atoms with van der Waals surface area (Å²) in [6.45, 7) is 2.77. The predicted octanol–water partition coefficient (Wildman–Crippen LogP) is 3.76. The maximum atomic E-state index is 13.4. The summed E-state index contributed by atoms with van der Waals surface area (Å²) in [6, 6.07) is 10.6. The van der Waals surface area contributed by atoms with E-state index in [0.717, 1.165) is 16.0 Å². The normalized spacial score (nSPS) is 16.3. The number of nitrogens with one attached hydrogen (secondary N) is 2. The molecule has 9 heteroatoms. The number of ether oxygens (including phenoxy) is 1. The number of rotatable bonds is 5. The highest BCUT2D eigenvalue weighted by atomic mass is 32.1. The van der Waals surface area contributed by atoms with Crippen molar-refractivity contribution in [2.24, 2.45) is 0 Å². The molecule has 2 aromatic carbocycles. The number of nitrogens with zero attached hydrogens (tertiary/aromatic N) is 2. The Hall–Kier alpha value is -3.20. The first-order valence-corrected chi connectivity index (χ1v) is 10.0. The number of thiazole rings is 1. The lowest BCUT2D eigenvalue weighted by atomic mass is 10.2. The molecule has 0 bridgehead atoms. The molecule has 4 rings (SSSR count). The Morgan fingerprint density at radius 2 is 2.21 bits per heavy atom. The van der Waals surface area contributed by atoms with Crippen LogP contribution in [0.3, 0.4) is 0 Å². The van der Waals surface area contributed by atoms with Gasteiger partial charge in [-0.25, -0.2) is 14.2 Å². The summed E-state index contributed by atoms with van der Waals surface area (Å²) in [6.07, 6.45) is 0.154. The van der Waals surface area contributed by atoms with E-state index in [1.165, 1.54) is 28.4 Å². The number of benzene rings is 2. The van der Waals surface area contributed by atoms with Crippen LogP contribution in [0.15, 0.2) is 42.5 Å². The van der Waals surface area contributed by atoms with E-state index in [1.807, 2.05) is 25.1 Å². The number of hydrogen-bond donors (Lipinski definition) is 2. The molecule has 1 fully saturated rings. The molecule has 0 radical (unpaired) electrons. The minimum absolute atomic E-state index is 0.154. The highest BCUT2D eigenvalue weighted by Gasteiger charge is 2.31. The Labute approximate surface area is 170 Å². The monoisotopic (exact) mass is 414 g/mol. The van der Waals surface area contributed by atoms with Crippen LogP contribution in [0.5, 0.6) is 5.75 Å². The number of aromatic nitrogens is 1. The predicted molar refractivity (Wildman–Crippen MR) is 110 cm³/mol. The Bertz CT molecular complexity index is 1070. The van der Waals surface area contributed by atoms with Crippen molar-refractivity contribution >= 4 is 44.3 Å². The molecule has 2 heterocycles. The van der Waals surface area contributed by atoms with Crippen molar-refractivity contribution < 1.29 is 18.7 Å². The fourth-order valence-corrected chi connectivity index (χ4v) is 4.12. The Balaban J connectivity index is 1.38. The molecule has 3 amide bonds. The molecule has 1 aliphatic rings. The number of hydrogen-bond acceptors (Lipinski definition) is 5. The van der Waals surface area contributed by atoms with E-state index in [4.69, 9.17) is 4.74 Å². The first-order chi connectivity index (χ1) is 14.0. The lowest BCUT2D eigenvalue weighted by molar-refractivity contribution is -0.117. The molecular formula is C20H19FN4O3S. The average molecular weight is 414 g/mol. The van der Waals surface area contributed by atoms with E-state index in [-0.39, 0.29) is 24.9 Å². The smallest absolute Gasteiger partial charge is 0.321 e. The SMILES string of the molecule is CCOc1ccc2nc(NC(=O)N[C@@H]3CC(=O)N(c4cccc(F)c4)C3)sc2c1. The van der Waals surface area contributed by atoms with E-state index in [0.29, 0.717) is 17.4 Å². The van der Waals surface area contributed by atoms with Gasteiger partial charge in [0.1, 0.15) is 11.6 Å². The van der Waals surface area contributed by atoms with E-state index in [9.17, 15) is 14.0 Å². The molecule has 0 aliphatic carbocycles. The van der Waals surface area contributed by atoms with E-state index in [2.05, 4.69) is 15.6 Å². The first-order valence-electron chi connectivity index (χ1n) is 9.18. The zero-order valence-electron chi connectivity index (χ0n) is 15.6. The molecule has 2 N–H and O–H groups in total. The minimum Gasteiger partial charge on any atom is -0.494 e. The van der Waals surface area contributed by atoms with Gasteiger partial charge in [0, 0.05) is 18.7 Å². The van der Waals surface area contributed by atoms with Gasteiger partial charge in [-0.15, -0.1) is 0 Å². The number of carbonyl (C=O) groups excluding carboxylic acids is 2. The van der Waals surface area contributed by atoms with Gasteiger partial charge in [-0.05, 0) is 43.3 Å². The maximum Gasteiger partial charge on any atom is 0.321 e. The lowest BCUT2D eigenvalue weighted by Crippen LogP contribution is -2.39. The summed E-state index contributed by atoms with van der Waals surface area (Å²) in [5.74, 6) is 0.179. The fourth-order valence-electron chi connectivity index (χ4n) is 3.23. The molecule has 1 aliphatic heterocycles. The molecule has 0 saturated carbocycles. The summed E-state index contributed by atoms with van der Waals surface area (Å²) >= 11 is 1.34. The third kappa shape index (κ3) is 4.29. The number of anilines is 2. The zero-order valence-corrected chi connectivity index (χ0v) is 16.5. The summed E-state index contributed by atoms with van der Waals surface area (Å²) in [5.41, 5.74) is 1.25. The van der Waals surface area contributed by atoms with Crippen LogP contribution < -0.4 is 20.3 Å². The molecule has 1 atom stereocenters. The van der Waals surface area contributed by atoms with Crippen molar-refractivity contribution in [1.29, 1.82) is 0 Å². The van der Waals surface area contributed by atoms with Gasteiger partial charge >= 0.3 is 6.03 Å². The number of fused-ring (bicyclic) bond motifs is 1. The van der Waals surface area contributed by atoms with Crippen molar-refractivity contribution in [2.75, 3.05) is 23.4 Å². The van der Waals surface area contributed by atoms with Crippen molar-refractivity contribution in [3.8, 4) is 5.75 Å². The van der Waals surface area contributed by atoms with Gasteiger partial charge in [-0.3, -0.25) is 10.1 Å². The van der Waals surface area contributed by atoms with Crippen LogP contribution in [0.25, 0.3) is 10.2 Å². The van der Waals surface area contributed by atoms with Gasteiger partial charge in [0.15, 0.2) is 5.13 Å². The first kappa shape index (κ1) is 19.1. The molecule has 150 valence electrons. The molecular weight excluding hydrogens is 395 g/mol. The highest BCUT2D eigenvalue weighted by molar-refractivity contribution is 7.22. The lowest BCUT2D eigenvalue weighted by Gasteiger charge is -2.17. The largest absolute Gasteiger partial charge is 0.494 e. The molecule has 1 saturated heterocycles. The van der Waals surface area contributed by atoms with Gasteiger partial charge in [-0.2, -0.15) is 0 Å². The highest BCUT2D eigenvalue weighted by Crippen LogP contribution is 2.29. The topological polar surface area (TPSA) is 83.6 Å². The number of urea groups is 1. The van der Waals surface area contributed by atoms with Crippen LogP contribution in [-0.4, -0.2) is 36.1 Å². The van der Waals surface area contributed by atoms with Crippen LogP contribution in [0.4, 0.5) is 20.0 Å². The quantitative estimate of drug-likeness (QED) is 0.666. The van der Waals surface area contributed by atoms with Crippen LogP contribution in [0.1, 0.15) is 13.3 Å². The van der Waals surface area contributed by atoms with Gasteiger partial charge in [0.25, 0.3) is 0 Å². The molecule has 1 aromatic heterocycles. The third-order valence-electron chi connectivity index (χ3n) is 4.47. The second-order valence-corrected chi connectivity index (χ2v) is 7.60.